The molecule has 0 heterocycles. The first-order valence-electron chi connectivity index (χ1n) is 9.06. The summed E-state index contributed by atoms with van der Waals surface area (Å²) in [4.78, 5) is 4.21. The summed E-state index contributed by atoms with van der Waals surface area (Å²) in [6, 6.07) is 6.08. The Labute approximate surface area is 157 Å². The van der Waals surface area contributed by atoms with Crippen LogP contribution in [0.15, 0.2) is 23.2 Å². The van der Waals surface area contributed by atoms with E-state index in [1.165, 1.54) is 5.56 Å². The van der Waals surface area contributed by atoms with Gasteiger partial charge in [0.25, 0.3) is 0 Å². The van der Waals surface area contributed by atoms with Gasteiger partial charge >= 0.3 is 0 Å². The number of hydrogen-bond donors (Lipinski definition) is 2. The zero-order valence-electron chi connectivity index (χ0n) is 16.5. The number of aryl methyl sites for hydroxylation is 1. The molecule has 1 aromatic rings. The molecule has 148 valence electrons. The maximum Gasteiger partial charge on any atom is 0.191 e. The van der Waals surface area contributed by atoms with Crippen molar-refractivity contribution < 1.29 is 18.9 Å². The normalized spacial score (nSPS) is 11.3. The molecule has 0 unspecified atom stereocenters. The van der Waals surface area contributed by atoms with Crippen LogP contribution in [0.1, 0.15) is 18.9 Å². The fourth-order valence-electron chi connectivity index (χ4n) is 2.35. The van der Waals surface area contributed by atoms with Gasteiger partial charge in [0.2, 0.25) is 0 Å². The maximum atomic E-state index is 5.62. The van der Waals surface area contributed by atoms with Crippen molar-refractivity contribution in [1.29, 1.82) is 0 Å². The Morgan fingerprint density at radius 3 is 2.54 bits per heavy atom. The predicted octanol–water partition coefficient (Wildman–Crippen LogP) is 1.85. The smallest absolute Gasteiger partial charge is 0.191 e. The van der Waals surface area contributed by atoms with Crippen LogP contribution in [-0.4, -0.2) is 66.7 Å². The van der Waals surface area contributed by atoms with Crippen molar-refractivity contribution in [3.63, 3.8) is 0 Å². The monoisotopic (exact) mass is 367 g/mol. The van der Waals surface area contributed by atoms with Gasteiger partial charge in [-0.3, -0.25) is 4.99 Å². The molecule has 0 aliphatic heterocycles. The van der Waals surface area contributed by atoms with Gasteiger partial charge in [0.15, 0.2) is 17.5 Å². The van der Waals surface area contributed by atoms with Gasteiger partial charge < -0.3 is 29.6 Å². The number of nitrogens with zero attached hydrogens (tertiary/aromatic N) is 1. The van der Waals surface area contributed by atoms with Gasteiger partial charge in [-0.2, -0.15) is 0 Å². The molecule has 2 N–H and O–H groups in total. The maximum absolute atomic E-state index is 5.62. The number of nitrogens with one attached hydrogen (secondary N) is 2. The van der Waals surface area contributed by atoms with E-state index >= 15 is 0 Å². The van der Waals surface area contributed by atoms with Gasteiger partial charge in [0.1, 0.15) is 0 Å². The first-order chi connectivity index (χ1) is 12.7. The van der Waals surface area contributed by atoms with Crippen molar-refractivity contribution in [2.24, 2.45) is 4.99 Å². The third-order valence-electron chi connectivity index (χ3n) is 3.66. The summed E-state index contributed by atoms with van der Waals surface area (Å²) in [5, 5.41) is 6.53. The van der Waals surface area contributed by atoms with Crippen LogP contribution in [0.2, 0.25) is 0 Å². The van der Waals surface area contributed by atoms with E-state index in [2.05, 4.69) is 21.7 Å². The second-order valence-electron chi connectivity index (χ2n) is 5.55. The summed E-state index contributed by atoms with van der Waals surface area (Å²) in [5.41, 5.74) is 1.23. The van der Waals surface area contributed by atoms with E-state index in [-0.39, 0.29) is 0 Å². The quantitative estimate of drug-likeness (QED) is 0.315. The van der Waals surface area contributed by atoms with Crippen LogP contribution in [-0.2, 0) is 15.9 Å². The molecule has 0 aliphatic carbocycles. The highest BCUT2D eigenvalue weighted by molar-refractivity contribution is 5.79. The minimum atomic E-state index is 0.607. The topological polar surface area (TPSA) is 73.3 Å². The summed E-state index contributed by atoms with van der Waals surface area (Å²) >= 11 is 0. The Kier molecular flexibility index (Phi) is 12.1. The highest BCUT2D eigenvalue weighted by Crippen LogP contribution is 2.28. The lowest BCUT2D eigenvalue weighted by Crippen LogP contribution is -2.39. The Bertz CT molecular complexity index is 524. The van der Waals surface area contributed by atoms with Gasteiger partial charge in [-0.15, -0.1) is 0 Å². The summed E-state index contributed by atoms with van der Waals surface area (Å²) < 4.78 is 21.3. The Balaban J connectivity index is 2.26. The SMILES string of the molecule is CCOc1cc(CCCNC(=NC)NCCOCCOC)ccc1OC. The molecule has 0 atom stereocenters. The van der Waals surface area contributed by atoms with Gasteiger partial charge in [0.05, 0.1) is 33.5 Å². The van der Waals surface area contributed by atoms with Crippen molar-refractivity contribution in [2.75, 3.05) is 60.8 Å². The third kappa shape index (κ3) is 8.92. The molecule has 0 fully saturated rings. The molecule has 0 saturated carbocycles. The zero-order chi connectivity index (χ0) is 19.0. The van der Waals surface area contributed by atoms with E-state index in [1.54, 1.807) is 21.3 Å². The number of methoxy groups -OCH3 is 2. The number of benzene rings is 1. The van der Waals surface area contributed by atoms with Crippen molar-refractivity contribution in [1.82, 2.24) is 10.6 Å². The number of guanidine groups is 1. The van der Waals surface area contributed by atoms with E-state index in [4.69, 9.17) is 18.9 Å². The molecular weight excluding hydrogens is 334 g/mol. The first-order valence-corrected chi connectivity index (χ1v) is 9.06. The minimum Gasteiger partial charge on any atom is -0.493 e. The second kappa shape index (κ2) is 14.2. The van der Waals surface area contributed by atoms with Crippen molar-refractivity contribution in [3.05, 3.63) is 23.8 Å². The van der Waals surface area contributed by atoms with Crippen LogP contribution in [0.3, 0.4) is 0 Å². The van der Waals surface area contributed by atoms with Gasteiger partial charge in [-0.1, -0.05) is 6.07 Å². The van der Waals surface area contributed by atoms with E-state index in [0.717, 1.165) is 36.8 Å². The Morgan fingerprint density at radius 1 is 1.04 bits per heavy atom. The average molecular weight is 367 g/mol. The van der Waals surface area contributed by atoms with Gasteiger partial charge in [-0.25, -0.2) is 0 Å². The molecule has 0 amide bonds. The zero-order valence-corrected chi connectivity index (χ0v) is 16.5. The highest BCUT2D eigenvalue weighted by atomic mass is 16.5. The van der Waals surface area contributed by atoms with Crippen molar-refractivity contribution in [2.45, 2.75) is 19.8 Å². The van der Waals surface area contributed by atoms with Crippen molar-refractivity contribution >= 4 is 5.96 Å². The Morgan fingerprint density at radius 2 is 1.85 bits per heavy atom. The van der Waals surface area contributed by atoms with Crippen molar-refractivity contribution in [3.8, 4) is 11.5 Å². The molecule has 1 rings (SSSR count). The van der Waals surface area contributed by atoms with Gasteiger partial charge in [0, 0.05) is 27.2 Å². The molecule has 1 aromatic carbocycles. The largest absolute Gasteiger partial charge is 0.493 e. The standard InChI is InChI=1S/C19H33N3O4/c1-5-26-18-15-16(8-9-17(18)24-4)7-6-10-21-19(20-2)22-11-12-25-14-13-23-3/h8-9,15H,5-7,10-14H2,1-4H3,(H2,20,21,22). The van der Waals surface area contributed by atoms with Crippen LogP contribution < -0.4 is 20.1 Å². The van der Waals surface area contributed by atoms with Crippen LogP contribution in [0.25, 0.3) is 0 Å². The third-order valence-corrected chi connectivity index (χ3v) is 3.66. The second-order valence-corrected chi connectivity index (χ2v) is 5.55. The van der Waals surface area contributed by atoms with Crippen LogP contribution in [0.5, 0.6) is 11.5 Å². The number of rotatable bonds is 13. The fourth-order valence-corrected chi connectivity index (χ4v) is 2.35. The molecule has 7 nitrogen and oxygen atoms in total. The molecule has 0 spiro atoms. The molecule has 7 heteroatoms. The molecule has 0 bridgehead atoms. The van der Waals surface area contributed by atoms with Crippen LogP contribution in [0, 0.1) is 0 Å². The first kappa shape index (κ1) is 22.1. The van der Waals surface area contributed by atoms with E-state index in [1.807, 2.05) is 19.1 Å². The van der Waals surface area contributed by atoms with E-state index in [9.17, 15) is 0 Å². The average Bonchev–Trinajstić information content (AvgIpc) is 2.66. The molecular formula is C19H33N3O4. The Hall–Kier alpha value is -1.99. The molecule has 0 saturated heterocycles. The highest BCUT2D eigenvalue weighted by Gasteiger charge is 2.05. The number of aliphatic imine (C=N–C) groups is 1. The van der Waals surface area contributed by atoms with E-state index in [0.29, 0.717) is 33.0 Å². The van der Waals surface area contributed by atoms with Crippen LogP contribution >= 0.6 is 0 Å². The molecule has 26 heavy (non-hydrogen) atoms. The summed E-state index contributed by atoms with van der Waals surface area (Å²) in [7, 11) is 5.08. The van der Waals surface area contributed by atoms with Crippen LogP contribution in [0.4, 0.5) is 0 Å². The molecule has 0 aromatic heterocycles. The number of hydrogen-bond acceptors (Lipinski definition) is 5. The summed E-state index contributed by atoms with van der Waals surface area (Å²) in [6.07, 6.45) is 1.94. The summed E-state index contributed by atoms with van der Waals surface area (Å²) in [5.74, 6) is 2.35. The van der Waals surface area contributed by atoms with Gasteiger partial charge in [-0.05, 0) is 37.5 Å². The molecule has 0 radical (unpaired) electrons. The lowest BCUT2D eigenvalue weighted by molar-refractivity contribution is 0.0733. The lowest BCUT2D eigenvalue weighted by atomic mass is 10.1. The predicted molar refractivity (Wildman–Crippen MR) is 105 cm³/mol. The fraction of sp³-hybridized carbons (Fsp3) is 0.632. The summed E-state index contributed by atoms with van der Waals surface area (Å²) in [6.45, 7) is 5.98. The number of ether oxygens (including phenoxy) is 4. The molecule has 0 aliphatic rings. The lowest BCUT2D eigenvalue weighted by Gasteiger charge is -2.13. The minimum absolute atomic E-state index is 0.607. The van der Waals surface area contributed by atoms with E-state index < -0.39 is 0 Å².